The minimum atomic E-state index is -2.15. The number of hydrogen-bond donors (Lipinski definition) is 6. The van der Waals surface area contributed by atoms with E-state index < -0.39 is 142 Å². The summed E-state index contributed by atoms with van der Waals surface area (Å²) in [7, 11) is 1.17. The first-order chi connectivity index (χ1) is 31.9. The van der Waals surface area contributed by atoms with Crippen LogP contribution < -0.4 is 10.5 Å². The lowest BCUT2D eigenvalue weighted by Crippen LogP contribution is -3.17. The SMILES string of the molecule is COC(=O)N[C@H]1[C@@H](C)O[C@@H](O[C@H]2C/C=C(/C)[C@@H]3C=C[C@@H]4[C@H](O[C@H]5C[C@@H](O)[C@@H](OC(C)=O)[C@H](C)O5)[C@@H](C)C[C@H](C)[C@H]4[C@]3(C)/C(O)=C3/C(=O)O[C@@]4(CC(C=O)=C[C@H](O)[C@H]4/C=C\2C)C3=O)C[C@]1(C)[NH+]([O-])O. The zero-order chi connectivity index (χ0) is 49.9. The van der Waals surface area contributed by atoms with E-state index >= 15 is 4.79 Å². The number of quaternary nitrogens is 1. The van der Waals surface area contributed by atoms with Crippen molar-refractivity contribution < 1.29 is 82.9 Å². The highest BCUT2D eigenvalue weighted by Gasteiger charge is 2.64. The van der Waals surface area contributed by atoms with Crippen molar-refractivity contribution in [3.8, 4) is 0 Å². The van der Waals surface area contributed by atoms with Crippen LogP contribution in [0.25, 0.3) is 0 Å². The summed E-state index contributed by atoms with van der Waals surface area (Å²) in [6.45, 7) is 15.6. The average molecular weight is 957 g/mol. The van der Waals surface area contributed by atoms with Crippen molar-refractivity contribution in [2.45, 2.75) is 167 Å². The third-order valence-electron chi connectivity index (χ3n) is 16.0. The number of carbonyl (C=O) groups is 5. The monoisotopic (exact) mass is 956 g/mol. The molecule has 376 valence electrons. The van der Waals surface area contributed by atoms with Gasteiger partial charge in [-0.05, 0) is 82.4 Å². The van der Waals surface area contributed by atoms with Gasteiger partial charge in [0.25, 0.3) is 0 Å². The predicted octanol–water partition coefficient (Wildman–Crippen LogP) is 3.15. The molecule has 19 nitrogen and oxygen atoms in total. The van der Waals surface area contributed by atoms with Gasteiger partial charge in [0.05, 0.1) is 56.1 Å². The molecule has 3 heterocycles. The van der Waals surface area contributed by atoms with Crippen LogP contribution in [0.1, 0.15) is 94.4 Å². The zero-order valence-corrected chi connectivity index (χ0v) is 40.3. The summed E-state index contributed by atoms with van der Waals surface area (Å²) in [5.74, 6) is -6.04. The van der Waals surface area contributed by atoms with Gasteiger partial charge >= 0.3 is 18.0 Å². The van der Waals surface area contributed by atoms with Crippen LogP contribution in [-0.4, -0.2) is 130 Å². The smallest absolute Gasteiger partial charge is 0.407 e. The minimum absolute atomic E-state index is 0.0205. The molecule has 1 unspecified atom stereocenters. The van der Waals surface area contributed by atoms with E-state index in [4.69, 9.17) is 33.2 Å². The van der Waals surface area contributed by atoms with E-state index in [1.807, 2.05) is 39.0 Å². The molecule has 4 aliphatic carbocycles. The molecule has 6 N–H and O–H groups in total. The molecular formula is C49H68N2O17. The number of methoxy groups -OCH3 is 1. The fourth-order valence-corrected chi connectivity index (χ4v) is 12.7. The highest BCUT2D eigenvalue weighted by molar-refractivity contribution is 6.26. The Kier molecular flexibility index (Phi) is 14.8. The van der Waals surface area contributed by atoms with Crippen LogP contribution >= 0.6 is 0 Å². The van der Waals surface area contributed by atoms with Gasteiger partial charge in [0.15, 0.2) is 29.8 Å². The van der Waals surface area contributed by atoms with Crippen molar-refractivity contribution in [1.29, 1.82) is 0 Å². The minimum Gasteiger partial charge on any atom is -0.600 e. The van der Waals surface area contributed by atoms with Crippen molar-refractivity contribution in [2.75, 3.05) is 7.11 Å². The van der Waals surface area contributed by atoms with Crippen LogP contribution in [0.15, 0.2) is 58.4 Å². The van der Waals surface area contributed by atoms with Crippen LogP contribution in [0.4, 0.5) is 4.79 Å². The number of aldehydes is 1. The van der Waals surface area contributed by atoms with E-state index in [9.17, 15) is 44.9 Å². The second-order valence-corrected chi connectivity index (χ2v) is 20.6. The van der Waals surface area contributed by atoms with E-state index in [0.29, 0.717) is 18.3 Å². The third kappa shape index (κ3) is 9.02. The molecule has 1 amide bonds. The largest absolute Gasteiger partial charge is 0.600 e. The van der Waals surface area contributed by atoms with Crippen LogP contribution in [0.5, 0.6) is 0 Å². The van der Waals surface area contributed by atoms with Crippen molar-refractivity contribution in [3.05, 3.63) is 63.6 Å². The molecule has 4 fully saturated rings. The molecule has 3 aliphatic heterocycles. The Balaban J connectivity index is 1.33. The maximum absolute atomic E-state index is 15.3. The summed E-state index contributed by atoms with van der Waals surface area (Å²) in [6, 6.07) is -1.00. The second kappa shape index (κ2) is 19.5. The van der Waals surface area contributed by atoms with Gasteiger partial charge in [0, 0.05) is 37.0 Å². The number of alkyl carbamates (subject to hydrolysis) is 1. The molecule has 1 saturated carbocycles. The molecule has 68 heavy (non-hydrogen) atoms. The molecule has 0 aromatic carbocycles. The standard InChI is InChI=1S/C49H68N2O17/c1-22-11-14-35(66-37-20-47(8,51(60)61)42(27(6)64-37)50-46(59)62-10)23(2)16-32-33(54)17-29(21-52)19-49(32)44(57)38(45(58)68-49)43(56)48(9)31(22)13-12-30-39(48)24(3)15-25(4)40(30)67-36-18-34(55)41(26(5)63-36)65-28(7)53/h11-13,16-17,21,24-27,30-37,39-42,51,54-56,60H,14-15,18-20H2,1-10H3,(H,50,59)/b22-11-,23-16-,43-38-/t24-,25-,26-,27+,30-,31-,32+,33-,34+,35-,36-,37-,39+,40+,41-,42-,47-,48+,49+/m0/s1. The molecule has 20 atom stereocenters. The number of ether oxygens (including phenoxy) is 7. The van der Waals surface area contributed by atoms with Gasteiger partial charge in [-0.2, -0.15) is 0 Å². The van der Waals surface area contributed by atoms with Crippen molar-refractivity contribution in [3.63, 3.8) is 0 Å². The third-order valence-corrected chi connectivity index (χ3v) is 16.0. The Morgan fingerprint density at radius 1 is 0.956 bits per heavy atom. The van der Waals surface area contributed by atoms with Crippen molar-refractivity contribution in [1.82, 2.24) is 5.32 Å². The number of esters is 2. The van der Waals surface area contributed by atoms with Gasteiger partial charge in [-0.3, -0.25) is 14.4 Å². The van der Waals surface area contributed by atoms with Gasteiger partial charge in [-0.25, -0.2) is 20.0 Å². The summed E-state index contributed by atoms with van der Waals surface area (Å²) in [5, 5.41) is 60.6. The fraction of sp³-hybridized carbons (Fsp3) is 0.694. The molecule has 7 rings (SSSR count). The number of amides is 1. The molecule has 0 aromatic heterocycles. The first-order valence-electron chi connectivity index (χ1n) is 23.6. The van der Waals surface area contributed by atoms with Gasteiger partial charge in [0.2, 0.25) is 5.78 Å². The van der Waals surface area contributed by atoms with E-state index in [1.165, 1.54) is 27.0 Å². The number of hydrogen-bond acceptors (Lipinski definition) is 17. The highest BCUT2D eigenvalue weighted by atomic mass is 16.8. The van der Waals surface area contributed by atoms with Crippen molar-refractivity contribution in [2.24, 2.45) is 40.9 Å². The molecule has 0 radical (unpaired) electrons. The molecule has 19 heteroatoms. The Labute approximate surface area is 396 Å². The zero-order valence-electron chi connectivity index (χ0n) is 40.3. The second-order valence-electron chi connectivity index (χ2n) is 20.6. The number of nitrogens with one attached hydrogen (secondary N) is 2. The lowest BCUT2D eigenvalue weighted by atomic mass is 9.49. The number of aliphatic hydroxyl groups is 3. The normalized spacial score (nSPS) is 47.0. The first-order valence-corrected chi connectivity index (χ1v) is 23.6. The van der Waals surface area contributed by atoms with Gasteiger partial charge in [-0.1, -0.05) is 50.6 Å². The summed E-state index contributed by atoms with van der Waals surface area (Å²) >= 11 is 0. The Morgan fingerprint density at radius 2 is 1.65 bits per heavy atom. The summed E-state index contributed by atoms with van der Waals surface area (Å²) < 4.78 is 42.1. The molecule has 2 bridgehead atoms. The molecule has 0 aromatic rings. The molecule has 3 saturated heterocycles. The number of aliphatic hydroxyl groups excluding tert-OH is 3. The number of Topliss-reactive ketones (excluding diaryl/α,β-unsaturated/α-hetero) is 1. The van der Waals surface area contributed by atoms with E-state index in [1.54, 1.807) is 26.8 Å². The lowest BCUT2D eigenvalue weighted by molar-refractivity contribution is -1.09. The Hall–Kier alpha value is -4.31. The summed E-state index contributed by atoms with van der Waals surface area (Å²) in [5.41, 5.74) is -4.45. The van der Waals surface area contributed by atoms with E-state index in [-0.39, 0.29) is 43.1 Å². The van der Waals surface area contributed by atoms with Crippen LogP contribution in [0.2, 0.25) is 0 Å². The van der Waals surface area contributed by atoms with Gasteiger partial charge in [-0.15, -0.1) is 0 Å². The number of carbonyl (C=O) groups excluding carboxylic acids is 5. The van der Waals surface area contributed by atoms with Crippen molar-refractivity contribution >= 4 is 30.1 Å². The van der Waals surface area contributed by atoms with Crippen LogP contribution in [0.3, 0.4) is 0 Å². The number of ketones is 1. The maximum Gasteiger partial charge on any atom is 0.407 e. The molecule has 7 aliphatic rings. The van der Waals surface area contributed by atoms with Gasteiger partial charge < -0.3 is 59.0 Å². The Morgan fingerprint density at radius 3 is 2.28 bits per heavy atom. The van der Waals surface area contributed by atoms with Crippen LogP contribution in [0, 0.1) is 46.1 Å². The predicted molar refractivity (Wildman–Crippen MR) is 238 cm³/mol. The molecular weight excluding hydrogens is 889 g/mol. The summed E-state index contributed by atoms with van der Waals surface area (Å²) in [6.07, 6.45) is 0.177. The Bertz CT molecular complexity index is 2160. The lowest BCUT2D eigenvalue weighted by Gasteiger charge is -2.56. The number of rotatable bonds is 8. The average Bonchev–Trinajstić information content (AvgIpc) is 3.50. The topological polar surface area (TPSA) is 270 Å². The van der Waals surface area contributed by atoms with Crippen LogP contribution in [-0.2, 0) is 52.3 Å². The maximum atomic E-state index is 15.3. The number of hydroxylamine groups is 2. The van der Waals surface area contributed by atoms with Gasteiger partial charge in [0.1, 0.15) is 23.7 Å². The molecule has 1 spiro atoms. The van der Waals surface area contributed by atoms with E-state index in [0.717, 1.165) is 5.57 Å². The summed E-state index contributed by atoms with van der Waals surface area (Å²) in [4.78, 5) is 66.2. The quantitative estimate of drug-likeness (QED) is 0.0509. The first kappa shape index (κ1) is 51.5. The number of allylic oxidation sites excluding steroid dienone is 3. The fourth-order valence-electron chi connectivity index (χ4n) is 12.7. The number of fused-ring (bicyclic) bond motifs is 4. The highest BCUT2D eigenvalue weighted by Crippen LogP contribution is 2.61. The van der Waals surface area contributed by atoms with E-state index in [2.05, 4.69) is 12.2 Å².